The van der Waals surface area contributed by atoms with E-state index < -0.39 is 24.9 Å². The van der Waals surface area contributed by atoms with Gasteiger partial charge in [0.1, 0.15) is 23.0 Å². The van der Waals surface area contributed by atoms with Gasteiger partial charge < -0.3 is 14.0 Å². The fourth-order valence-electron chi connectivity index (χ4n) is 2.14. The summed E-state index contributed by atoms with van der Waals surface area (Å²) >= 11 is 0. The maximum absolute atomic E-state index is 12.5. The molecule has 7 nitrogen and oxygen atoms in total. The Balaban J connectivity index is 2.42. The van der Waals surface area contributed by atoms with E-state index in [9.17, 15) is 16.8 Å². The highest BCUT2D eigenvalue weighted by atomic mass is 32.2. The Bertz CT molecular complexity index is 964. The smallest absolute Gasteiger partial charge is 0.340 e. The minimum Gasteiger partial charge on any atom is -0.491 e. The Labute approximate surface area is 146 Å². The largest absolute Gasteiger partial charge is 0.491 e. The number of rotatable bonds is 7. The highest BCUT2D eigenvalue weighted by molar-refractivity contribution is 7.92. The minimum atomic E-state index is -4.37. The second-order valence-electron chi connectivity index (χ2n) is 5.31. The maximum atomic E-state index is 12.5. The molecule has 0 radical (unpaired) electrons. The van der Waals surface area contributed by atoms with Crippen LogP contribution in [0.2, 0.25) is 0 Å². The van der Waals surface area contributed by atoms with Crippen molar-refractivity contribution < 1.29 is 30.9 Å². The summed E-state index contributed by atoms with van der Waals surface area (Å²) in [4.78, 5) is -0.767. The fraction of sp³-hybridized carbons (Fsp3) is 0.250. The molecule has 0 aliphatic carbocycles. The lowest BCUT2D eigenvalue weighted by Crippen LogP contribution is -2.14. The number of hydrogen-bond donors (Lipinski definition) is 1. The van der Waals surface area contributed by atoms with Crippen LogP contribution in [0.15, 0.2) is 52.3 Å². The van der Waals surface area contributed by atoms with Crippen LogP contribution in [-0.2, 0) is 20.0 Å². The van der Waals surface area contributed by atoms with Gasteiger partial charge in [-0.1, -0.05) is 12.1 Å². The van der Waals surface area contributed by atoms with E-state index in [0.29, 0.717) is 11.3 Å². The lowest BCUT2D eigenvalue weighted by atomic mass is 10.2. The molecule has 0 saturated carbocycles. The quantitative estimate of drug-likeness (QED) is 0.719. The van der Waals surface area contributed by atoms with Crippen molar-refractivity contribution in [2.45, 2.75) is 16.7 Å². The van der Waals surface area contributed by atoms with E-state index in [1.165, 1.54) is 36.4 Å². The molecular weight excluding hydrogens is 368 g/mol. The van der Waals surface area contributed by atoms with Gasteiger partial charge in [-0.05, 0) is 36.8 Å². The van der Waals surface area contributed by atoms with E-state index in [1.54, 1.807) is 13.0 Å². The molecule has 1 N–H and O–H groups in total. The summed E-state index contributed by atoms with van der Waals surface area (Å²) in [7, 11) is -8.11. The Hall–Kier alpha value is -2.10. The van der Waals surface area contributed by atoms with Crippen LogP contribution in [0.4, 0.5) is 0 Å². The van der Waals surface area contributed by atoms with Crippen molar-refractivity contribution in [2.24, 2.45) is 0 Å². The van der Waals surface area contributed by atoms with Gasteiger partial charge >= 0.3 is 10.1 Å². The van der Waals surface area contributed by atoms with Crippen molar-refractivity contribution in [3.8, 4) is 11.5 Å². The minimum absolute atomic E-state index is 0.0174. The van der Waals surface area contributed by atoms with Gasteiger partial charge in [-0.25, -0.2) is 8.42 Å². The zero-order valence-electron chi connectivity index (χ0n) is 13.7. The monoisotopic (exact) mass is 386 g/mol. The van der Waals surface area contributed by atoms with E-state index in [4.69, 9.17) is 14.0 Å². The van der Waals surface area contributed by atoms with Crippen LogP contribution < -0.4 is 8.92 Å². The predicted octanol–water partition coefficient (Wildman–Crippen LogP) is 1.54. The number of aliphatic hydroxyl groups excluding tert-OH is 1. The third-order valence-corrected chi connectivity index (χ3v) is 5.70. The number of ether oxygens (including phenoxy) is 1. The molecule has 2 rings (SSSR count). The third kappa shape index (κ3) is 4.94. The maximum Gasteiger partial charge on any atom is 0.340 e. The van der Waals surface area contributed by atoms with Gasteiger partial charge in [0.2, 0.25) is 0 Å². The number of benzene rings is 2. The van der Waals surface area contributed by atoms with Gasteiger partial charge in [0.25, 0.3) is 0 Å². The van der Waals surface area contributed by atoms with Crippen LogP contribution in [0.1, 0.15) is 5.56 Å². The summed E-state index contributed by atoms with van der Waals surface area (Å²) in [6, 6.07) is 9.71. The normalized spacial score (nSPS) is 12.0. The first-order chi connectivity index (χ1) is 11.6. The molecule has 0 aliphatic rings. The Morgan fingerprint density at radius 2 is 1.56 bits per heavy atom. The lowest BCUT2D eigenvalue weighted by Gasteiger charge is -2.12. The molecule has 0 spiro atoms. The molecule has 0 saturated heterocycles. The van der Waals surface area contributed by atoms with Gasteiger partial charge in [-0.3, -0.25) is 0 Å². The molecule has 0 atom stereocenters. The van der Waals surface area contributed by atoms with Crippen molar-refractivity contribution >= 4 is 20.0 Å². The number of aryl methyl sites for hydroxylation is 1. The average molecular weight is 386 g/mol. The van der Waals surface area contributed by atoms with Crippen molar-refractivity contribution in [3.05, 3.63) is 48.0 Å². The molecule has 0 unspecified atom stereocenters. The number of hydrogen-bond acceptors (Lipinski definition) is 7. The first-order valence-corrected chi connectivity index (χ1v) is 10.5. The zero-order chi connectivity index (χ0) is 18.7. The highest BCUT2D eigenvalue weighted by Gasteiger charge is 2.25. The first kappa shape index (κ1) is 19.2. The molecule has 2 aromatic rings. The van der Waals surface area contributed by atoms with Crippen molar-refractivity contribution in [1.82, 2.24) is 0 Å². The van der Waals surface area contributed by atoms with Crippen LogP contribution in [-0.4, -0.2) is 41.4 Å². The van der Waals surface area contributed by atoms with Gasteiger partial charge in [-0.2, -0.15) is 8.42 Å². The topological polar surface area (TPSA) is 107 Å². The van der Waals surface area contributed by atoms with E-state index >= 15 is 0 Å². The van der Waals surface area contributed by atoms with Gasteiger partial charge in [0.05, 0.1) is 11.5 Å². The molecule has 136 valence electrons. The zero-order valence-corrected chi connectivity index (χ0v) is 15.3. The average Bonchev–Trinajstić information content (AvgIpc) is 2.51. The van der Waals surface area contributed by atoms with Crippen molar-refractivity contribution in [2.75, 3.05) is 19.5 Å². The highest BCUT2D eigenvalue weighted by Crippen LogP contribution is 2.28. The molecule has 2 aromatic carbocycles. The van der Waals surface area contributed by atoms with Crippen LogP contribution >= 0.6 is 0 Å². The van der Waals surface area contributed by atoms with Crippen molar-refractivity contribution in [1.29, 1.82) is 0 Å². The molecule has 0 aliphatic heterocycles. The summed E-state index contributed by atoms with van der Waals surface area (Å²) < 4.78 is 59.1. The van der Waals surface area contributed by atoms with Crippen LogP contribution in [0, 0.1) is 6.92 Å². The standard InChI is InChI=1S/C16H18O7S2/c1-12-9-13(22-8-7-17)11-14(10-12)23-25(20,21)16-6-4-3-5-15(16)24(2,18)19/h3-6,9-11,17H,7-8H2,1-2H3. The molecule has 0 bridgehead atoms. The van der Waals surface area contributed by atoms with Crippen LogP contribution in [0.25, 0.3) is 0 Å². The molecule has 0 amide bonds. The van der Waals surface area contributed by atoms with Gasteiger partial charge in [-0.15, -0.1) is 0 Å². The Kier molecular flexibility index (Phi) is 5.71. The Morgan fingerprint density at radius 1 is 0.960 bits per heavy atom. The molecule has 0 aromatic heterocycles. The van der Waals surface area contributed by atoms with E-state index in [1.807, 2.05) is 0 Å². The van der Waals surface area contributed by atoms with Gasteiger partial charge in [0, 0.05) is 12.3 Å². The summed E-state index contributed by atoms with van der Waals surface area (Å²) in [6.07, 6.45) is 0.925. The molecular formula is C16H18O7S2. The van der Waals surface area contributed by atoms with Crippen LogP contribution in [0.3, 0.4) is 0 Å². The third-order valence-electron chi connectivity index (χ3n) is 3.11. The molecule has 0 heterocycles. The summed E-state index contributed by atoms with van der Waals surface area (Å²) in [6.45, 7) is 1.58. The number of sulfone groups is 1. The summed E-state index contributed by atoms with van der Waals surface area (Å²) in [5, 5.41) is 8.80. The van der Waals surface area contributed by atoms with Crippen LogP contribution in [0.5, 0.6) is 11.5 Å². The Morgan fingerprint density at radius 3 is 2.16 bits per heavy atom. The fourth-order valence-corrected chi connectivity index (χ4v) is 4.66. The molecule has 25 heavy (non-hydrogen) atoms. The second-order valence-corrected chi connectivity index (χ2v) is 8.81. The molecule has 9 heteroatoms. The SMILES string of the molecule is Cc1cc(OCCO)cc(OS(=O)(=O)c2ccccc2S(C)(=O)=O)c1. The van der Waals surface area contributed by atoms with E-state index in [0.717, 1.165) is 6.26 Å². The number of aliphatic hydroxyl groups is 1. The molecule has 0 fully saturated rings. The lowest BCUT2D eigenvalue weighted by molar-refractivity contribution is 0.201. The second kappa shape index (κ2) is 7.42. The van der Waals surface area contributed by atoms with Gasteiger partial charge in [0.15, 0.2) is 9.84 Å². The predicted molar refractivity (Wildman–Crippen MR) is 91.1 cm³/mol. The van der Waals surface area contributed by atoms with E-state index in [2.05, 4.69) is 0 Å². The van der Waals surface area contributed by atoms with Crippen molar-refractivity contribution in [3.63, 3.8) is 0 Å². The summed E-state index contributed by atoms with van der Waals surface area (Å²) in [5.41, 5.74) is 0.678. The summed E-state index contributed by atoms with van der Waals surface area (Å²) in [5.74, 6) is 0.312. The van der Waals surface area contributed by atoms with E-state index in [-0.39, 0.29) is 23.9 Å². The first-order valence-electron chi connectivity index (χ1n) is 7.22.